The highest BCUT2D eigenvalue weighted by atomic mass is 16.5. The maximum atomic E-state index is 13.0. The molecule has 1 aromatic heterocycles. The Kier molecular flexibility index (Phi) is 7.04. The second-order valence-electron chi connectivity index (χ2n) is 7.70. The second kappa shape index (κ2) is 10.3. The number of aromatic nitrogens is 2. The first-order valence-electron chi connectivity index (χ1n) is 11.0. The van der Waals surface area contributed by atoms with E-state index in [2.05, 4.69) is 30.4 Å². The average molecular weight is 453 g/mol. The van der Waals surface area contributed by atoms with Crippen molar-refractivity contribution in [2.45, 2.75) is 13.0 Å². The third-order valence-electron chi connectivity index (χ3n) is 5.69. The fraction of sp³-hybridized carbons (Fsp3) is 0.391. The molecule has 2 N–H and O–H groups in total. The quantitative estimate of drug-likeness (QED) is 0.608. The maximum Gasteiger partial charge on any atom is 0.338 e. The standard InChI is InChI=1S/C23H28N6O4/c1-3-33-21(30)19-17(15-28-11-13-29(14-12-28)22-24-9-6-10-25-22)26-23(31)27-20(19)16-7-4-5-8-18(16)32-2/h4-10,20H,3,11-15H2,1-2H3,(H2,26,27,31)/t20-/m1/s1. The second-order valence-corrected chi connectivity index (χ2v) is 7.70. The van der Waals surface area contributed by atoms with Crippen molar-refractivity contribution in [2.24, 2.45) is 0 Å². The zero-order chi connectivity index (χ0) is 23.2. The molecule has 2 amide bonds. The highest BCUT2D eigenvalue weighted by Gasteiger charge is 2.36. The normalized spacial score (nSPS) is 19.0. The minimum Gasteiger partial charge on any atom is -0.496 e. The molecule has 10 heteroatoms. The summed E-state index contributed by atoms with van der Waals surface area (Å²) >= 11 is 0. The molecular weight excluding hydrogens is 424 g/mol. The molecule has 0 aliphatic carbocycles. The number of benzene rings is 1. The van der Waals surface area contributed by atoms with Crippen LogP contribution in [-0.2, 0) is 9.53 Å². The van der Waals surface area contributed by atoms with Gasteiger partial charge in [0, 0.05) is 56.4 Å². The fourth-order valence-electron chi connectivity index (χ4n) is 4.11. The molecule has 4 rings (SSSR count). The lowest BCUT2D eigenvalue weighted by Crippen LogP contribution is -2.52. The van der Waals surface area contributed by atoms with E-state index < -0.39 is 12.0 Å². The van der Waals surface area contributed by atoms with Crippen LogP contribution < -0.4 is 20.3 Å². The number of amides is 2. The summed E-state index contributed by atoms with van der Waals surface area (Å²) in [5.41, 5.74) is 1.62. The van der Waals surface area contributed by atoms with Crippen molar-refractivity contribution in [2.75, 3.05) is 51.3 Å². The van der Waals surface area contributed by atoms with E-state index >= 15 is 0 Å². The molecule has 0 saturated carbocycles. The van der Waals surface area contributed by atoms with Crippen LogP contribution in [0.4, 0.5) is 10.7 Å². The lowest BCUT2D eigenvalue weighted by molar-refractivity contribution is -0.139. The predicted molar refractivity (Wildman–Crippen MR) is 122 cm³/mol. The van der Waals surface area contributed by atoms with Crippen molar-refractivity contribution in [1.82, 2.24) is 25.5 Å². The largest absolute Gasteiger partial charge is 0.496 e. The average Bonchev–Trinajstić information content (AvgIpc) is 2.84. The van der Waals surface area contributed by atoms with Crippen molar-refractivity contribution in [1.29, 1.82) is 0 Å². The zero-order valence-electron chi connectivity index (χ0n) is 18.8. The Labute approximate surface area is 192 Å². The van der Waals surface area contributed by atoms with Crippen LogP contribution in [0.5, 0.6) is 5.75 Å². The van der Waals surface area contributed by atoms with Gasteiger partial charge in [0.25, 0.3) is 0 Å². The van der Waals surface area contributed by atoms with Crippen LogP contribution in [0, 0.1) is 0 Å². The monoisotopic (exact) mass is 452 g/mol. The molecule has 0 radical (unpaired) electrons. The number of carbonyl (C=O) groups is 2. The summed E-state index contributed by atoms with van der Waals surface area (Å²) in [6.07, 6.45) is 3.46. The van der Waals surface area contributed by atoms with Crippen molar-refractivity contribution in [3.8, 4) is 5.75 Å². The third kappa shape index (κ3) is 5.06. The van der Waals surface area contributed by atoms with Gasteiger partial charge in [-0.25, -0.2) is 19.6 Å². The van der Waals surface area contributed by atoms with Crippen LogP contribution in [0.15, 0.2) is 54.0 Å². The number of urea groups is 1. The minimum absolute atomic E-state index is 0.234. The Balaban J connectivity index is 1.59. The lowest BCUT2D eigenvalue weighted by Gasteiger charge is -2.37. The van der Waals surface area contributed by atoms with Gasteiger partial charge in [0.05, 0.1) is 25.3 Å². The van der Waals surface area contributed by atoms with Gasteiger partial charge in [-0.15, -0.1) is 0 Å². The molecule has 1 atom stereocenters. The van der Waals surface area contributed by atoms with E-state index in [1.807, 2.05) is 18.2 Å². The Morgan fingerprint density at radius 2 is 1.85 bits per heavy atom. The summed E-state index contributed by atoms with van der Waals surface area (Å²) in [7, 11) is 1.56. The molecule has 2 aromatic rings. The number of carbonyl (C=O) groups excluding carboxylic acids is 2. The van der Waals surface area contributed by atoms with E-state index in [0.29, 0.717) is 35.1 Å². The van der Waals surface area contributed by atoms with E-state index in [-0.39, 0.29) is 12.6 Å². The van der Waals surface area contributed by atoms with E-state index in [4.69, 9.17) is 9.47 Å². The fourth-order valence-corrected chi connectivity index (χ4v) is 4.11. The minimum atomic E-state index is -0.678. The van der Waals surface area contributed by atoms with Crippen LogP contribution in [0.2, 0.25) is 0 Å². The molecule has 10 nitrogen and oxygen atoms in total. The molecule has 2 aliphatic rings. The van der Waals surface area contributed by atoms with Crippen LogP contribution in [0.1, 0.15) is 18.5 Å². The van der Waals surface area contributed by atoms with Crippen LogP contribution in [0.25, 0.3) is 0 Å². The molecule has 33 heavy (non-hydrogen) atoms. The molecule has 1 aromatic carbocycles. The van der Waals surface area contributed by atoms with Crippen molar-refractivity contribution < 1.29 is 19.1 Å². The van der Waals surface area contributed by atoms with Gasteiger partial charge in [0.1, 0.15) is 5.75 Å². The Morgan fingerprint density at radius 1 is 1.12 bits per heavy atom. The Bertz CT molecular complexity index is 1020. The summed E-state index contributed by atoms with van der Waals surface area (Å²) in [4.78, 5) is 38.5. The van der Waals surface area contributed by atoms with E-state index in [9.17, 15) is 9.59 Å². The number of nitrogens with zero attached hydrogens (tertiary/aromatic N) is 4. The SMILES string of the molecule is CCOC(=O)C1=C(CN2CCN(c3ncccn3)CC2)NC(=O)N[C@@H]1c1ccccc1OC. The van der Waals surface area contributed by atoms with E-state index in [0.717, 1.165) is 26.2 Å². The van der Waals surface area contributed by atoms with Crippen LogP contribution in [0.3, 0.4) is 0 Å². The number of hydrogen-bond acceptors (Lipinski definition) is 8. The number of para-hydroxylation sites is 1. The summed E-state index contributed by atoms with van der Waals surface area (Å²) < 4.78 is 10.9. The zero-order valence-corrected chi connectivity index (χ0v) is 18.8. The number of ether oxygens (including phenoxy) is 2. The van der Waals surface area contributed by atoms with Crippen LogP contribution in [-0.4, -0.2) is 73.3 Å². The van der Waals surface area contributed by atoms with Gasteiger partial charge in [-0.1, -0.05) is 18.2 Å². The molecular formula is C23H28N6O4. The first-order valence-corrected chi connectivity index (χ1v) is 11.0. The van der Waals surface area contributed by atoms with Gasteiger partial charge in [0.2, 0.25) is 5.95 Å². The molecule has 0 spiro atoms. The topological polar surface area (TPSA) is 109 Å². The van der Waals surface area contributed by atoms with Gasteiger partial charge in [0.15, 0.2) is 0 Å². The number of methoxy groups -OCH3 is 1. The van der Waals surface area contributed by atoms with Gasteiger partial charge < -0.3 is 25.0 Å². The molecule has 174 valence electrons. The third-order valence-corrected chi connectivity index (χ3v) is 5.69. The van der Waals surface area contributed by atoms with Gasteiger partial charge in [-0.3, -0.25) is 4.90 Å². The number of nitrogens with one attached hydrogen (secondary N) is 2. The smallest absolute Gasteiger partial charge is 0.338 e. The van der Waals surface area contributed by atoms with Crippen LogP contribution >= 0.6 is 0 Å². The molecule has 1 saturated heterocycles. The summed E-state index contributed by atoms with van der Waals surface area (Å²) in [5, 5.41) is 5.70. The summed E-state index contributed by atoms with van der Waals surface area (Å²) in [5.74, 6) is 0.824. The number of anilines is 1. The number of hydrogen-bond donors (Lipinski definition) is 2. The van der Waals surface area contributed by atoms with Crippen molar-refractivity contribution in [3.63, 3.8) is 0 Å². The summed E-state index contributed by atoms with van der Waals surface area (Å²) in [6.45, 7) is 5.37. The molecule has 2 aliphatic heterocycles. The molecule has 0 bridgehead atoms. The Hall–Kier alpha value is -3.66. The first-order chi connectivity index (χ1) is 16.1. The first kappa shape index (κ1) is 22.5. The van der Waals surface area contributed by atoms with Gasteiger partial charge in [-0.2, -0.15) is 0 Å². The number of rotatable bonds is 7. The Morgan fingerprint density at radius 3 is 2.55 bits per heavy atom. The molecule has 0 unspecified atom stereocenters. The highest BCUT2D eigenvalue weighted by molar-refractivity contribution is 5.95. The van der Waals surface area contributed by atoms with Crippen molar-refractivity contribution >= 4 is 17.9 Å². The predicted octanol–water partition coefficient (Wildman–Crippen LogP) is 1.48. The number of esters is 1. The molecule has 3 heterocycles. The lowest BCUT2D eigenvalue weighted by atomic mass is 9.94. The van der Waals surface area contributed by atoms with Gasteiger partial charge in [-0.05, 0) is 19.1 Å². The maximum absolute atomic E-state index is 13.0. The van der Waals surface area contributed by atoms with Gasteiger partial charge >= 0.3 is 12.0 Å². The number of piperazine rings is 1. The van der Waals surface area contributed by atoms with E-state index in [1.165, 1.54) is 0 Å². The highest BCUT2D eigenvalue weighted by Crippen LogP contribution is 2.33. The summed E-state index contributed by atoms with van der Waals surface area (Å²) in [6, 6.07) is 8.07. The van der Waals surface area contributed by atoms with E-state index in [1.54, 1.807) is 38.6 Å². The van der Waals surface area contributed by atoms with Crippen molar-refractivity contribution in [3.05, 3.63) is 59.6 Å². The molecule has 1 fully saturated rings.